The standard InChI is InChI=1S/C13H27NO/c1-10(2)14-13(9-15)7-11(3)6-12(4,5)8-13/h10-11,14-15H,6-9H2,1-5H3. The van der Waals surface area contributed by atoms with Gasteiger partial charge in [-0.1, -0.05) is 34.6 Å². The second-order valence-electron chi connectivity index (χ2n) is 6.59. The molecule has 0 aromatic heterocycles. The van der Waals surface area contributed by atoms with Crippen LogP contribution in [-0.4, -0.2) is 23.3 Å². The fourth-order valence-corrected chi connectivity index (χ4v) is 3.63. The Labute approximate surface area is 94.5 Å². The summed E-state index contributed by atoms with van der Waals surface area (Å²) < 4.78 is 0. The lowest BCUT2D eigenvalue weighted by Crippen LogP contribution is -2.57. The van der Waals surface area contributed by atoms with Gasteiger partial charge in [-0.25, -0.2) is 0 Å². The zero-order valence-electron chi connectivity index (χ0n) is 10.9. The quantitative estimate of drug-likeness (QED) is 0.755. The van der Waals surface area contributed by atoms with Gasteiger partial charge in [0.05, 0.1) is 6.61 Å². The molecule has 0 saturated heterocycles. The summed E-state index contributed by atoms with van der Waals surface area (Å²) in [5.74, 6) is 0.701. The molecule has 0 aliphatic heterocycles. The monoisotopic (exact) mass is 213 g/mol. The van der Waals surface area contributed by atoms with Crippen molar-refractivity contribution in [3.8, 4) is 0 Å². The predicted molar refractivity (Wildman–Crippen MR) is 64.9 cm³/mol. The van der Waals surface area contributed by atoms with Crippen molar-refractivity contribution >= 4 is 0 Å². The molecule has 2 unspecified atom stereocenters. The molecule has 2 heteroatoms. The van der Waals surface area contributed by atoms with E-state index in [1.807, 2.05) is 0 Å². The summed E-state index contributed by atoms with van der Waals surface area (Å²) in [7, 11) is 0. The molecule has 0 heterocycles. The summed E-state index contributed by atoms with van der Waals surface area (Å²) in [6.45, 7) is 11.5. The van der Waals surface area contributed by atoms with Gasteiger partial charge in [-0.05, 0) is 30.6 Å². The van der Waals surface area contributed by atoms with Gasteiger partial charge < -0.3 is 10.4 Å². The van der Waals surface area contributed by atoms with Crippen molar-refractivity contribution < 1.29 is 5.11 Å². The summed E-state index contributed by atoms with van der Waals surface area (Å²) in [5.41, 5.74) is 0.303. The van der Waals surface area contributed by atoms with Gasteiger partial charge in [0.1, 0.15) is 0 Å². The minimum absolute atomic E-state index is 0.0463. The van der Waals surface area contributed by atoms with Crippen molar-refractivity contribution in [2.45, 2.75) is 65.5 Å². The molecule has 1 aliphatic carbocycles. The lowest BCUT2D eigenvalue weighted by atomic mass is 9.64. The van der Waals surface area contributed by atoms with Crippen LogP contribution in [0.4, 0.5) is 0 Å². The zero-order chi connectivity index (χ0) is 11.7. The van der Waals surface area contributed by atoms with Crippen LogP contribution in [0.15, 0.2) is 0 Å². The number of nitrogens with one attached hydrogen (secondary N) is 1. The summed E-state index contributed by atoms with van der Waals surface area (Å²) >= 11 is 0. The molecule has 1 aliphatic rings. The van der Waals surface area contributed by atoms with E-state index < -0.39 is 0 Å². The van der Waals surface area contributed by atoms with Crippen molar-refractivity contribution in [3.63, 3.8) is 0 Å². The molecular weight excluding hydrogens is 186 g/mol. The molecule has 1 fully saturated rings. The molecule has 0 aromatic carbocycles. The number of aliphatic hydroxyl groups is 1. The molecule has 1 saturated carbocycles. The number of hydrogen-bond donors (Lipinski definition) is 2. The third kappa shape index (κ3) is 3.46. The zero-order valence-corrected chi connectivity index (χ0v) is 10.9. The molecule has 15 heavy (non-hydrogen) atoms. The van der Waals surface area contributed by atoms with Crippen LogP contribution in [0.1, 0.15) is 53.9 Å². The summed E-state index contributed by atoms with van der Waals surface area (Å²) in [5, 5.41) is 13.3. The second-order valence-corrected chi connectivity index (χ2v) is 6.59. The van der Waals surface area contributed by atoms with E-state index in [2.05, 4.69) is 39.9 Å². The Bertz CT molecular complexity index is 209. The molecule has 0 bridgehead atoms. The molecule has 1 rings (SSSR count). The first-order chi connectivity index (χ1) is 6.79. The van der Waals surface area contributed by atoms with Crippen LogP contribution in [-0.2, 0) is 0 Å². The van der Waals surface area contributed by atoms with Crippen molar-refractivity contribution in [1.82, 2.24) is 5.32 Å². The Kier molecular flexibility index (Phi) is 3.83. The maximum atomic E-state index is 9.68. The Hall–Kier alpha value is -0.0800. The van der Waals surface area contributed by atoms with Crippen LogP contribution in [0.5, 0.6) is 0 Å². The van der Waals surface area contributed by atoms with Crippen molar-refractivity contribution in [2.24, 2.45) is 11.3 Å². The lowest BCUT2D eigenvalue weighted by molar-refractivity contribution is 0.0312. The molecule has 2 atom stereocenters. The van der Waals surface area contributed by atoms with Gasteiger partial charge >= 0.3 is 0 Å². The molecule has 0 radical (unpaired) electrons. The van der Waals surface area contributed by atoms with Crippen LogP contribution < -0.4 is 5.32 Å². The third-order valence-corrected chi connectivity index (χ3v) is 3.35. The molecular formula is C13H27NO. The fraction of sp³-hybridized carbons (Fsp3) is 1.00. The predicted octanol–water partition coefficient (Wildman–Crippen LogP) is 2.56. The van der Waals surface area contributed by atoms with Crippen molar-refractivity contribution in [1.29, 1.82) is 0 Å². The maximum Gasteiger partial charge on any atom is 0.0613 e. The summed E-state index contributed by atoms with van der Waals surface area (Å²) in [4.78, 5) is 0. The number of aliphatic hydroxyl groups excluding tert-OH is 1. The van der Waals surface area contributed by atoms with Gasteiger partial charge in [0.15, 0.2) is 0 Å². The van der Waals surface area contributed by atoms with E-state index in [9.17, 15) is 5.11 Å². The van der Waals surface area contributed by atoms with Gasteiger partial charge in [-0.15, -0.1) is 0 Å². The first-order valence-corrected chi connectivity index (χ1v) is 6.17. The van der Waals surface area contributed by atoms with Crippen LogP contribution in [0.3, 0.4) is 0 Å². The highest BCUT2D eigenvalue weighted by molar-refractivity contribution is 4.99. The van der Waals surface area contributed by atoms with E-state index in [0.29, 0.717) is 17.4 Å². The minimum atomic E-state index is -0.0463. The van der Waals surface area contributed by atoms with Crippen LogP contribution >= 0.6 is 0 Å². The van der Waals surface area contributed by atoms with E-state index in [1.165, 1.54) is 6.42 Å². The molecule has 0 spiro atoms. The highest BCUT2D eigenvalue weighted by Crippen LogP contribution is 2.43. The molecule has 2 nitrogen and oxygen atoms in total. The Balaban J connectivity index is 2.79. The second kappa shape index (κ2) is 4.42. The molecule has 0 aromatic rings. The van der Waals surface area contributed by atoms with Gasteiger partial charge in [-0.3, -0.25) is 0 Å². The molecule has 2 N–H and O–H groups in total. The first-order valence-electron chi connectivity index (χ1n) is 6.17. The largest absolute Gasteiger partial charge is 0.394 e. The minimum Gasteiger partial charge on any atom is -0.394 e. The summed E-state index contributed by atoms with van der Waals surface area (Å²) in [6.07, 6.45) is 3.46. The molecule has 0 amide bonds. The Morgan fingerprint density at radius 3 is 2.33 bits per heavy atom. The van der Waals surface area contributed by atoms with E-state index >= 15 is 0 Å². The van der Waals surface area contributed by atoms with Crippen LogP contribution in [0.2, 0.25) is 0 Å². The lowest BCUT2D eigenvalue weighted by Gasteiger charge is -2.48. The van der Waals surface area contributed by atoms with Gasteiger partial charge in [-0.2, -0.15) is 0 Å². The maximum absolute atomic E-state index is 9.68. The summed E-state index contributed by atoms with van der Waals surface area (Å²) in [6, 6.07) is 0.443. The Morgan fingerprint density at radius 1 is 1.33 bits per heavy atom. The third-order valence-electron chi connectivity index (χ3n) is 3.35. The highest BCUT2D eigenvalue weighted by Gasteiger charge is 2.42. The first kappa shape index (κ1) is 13.0. The number of rotatable bonds is 3. The average Bonchev–Trinajstić information content (AvgIpc) is 1.98. The Morgan fingerprint density at radius 2 is 1.93 bits per heavy atom. The van der Waals surface area contributed by atoms with Crippen LogP contribution in [0, 0.1) is 11.3 Å². The van der Waals surface area contributed by atoms with Gasteiger partial charge in [0, 0.05) is 11.6 Å². The van der Waals surface area contributed by atoms with Gasteiger partial charge in [0.25, 0.3) is 0 Å². The average molecular weight is 213 g/mol. The van der Waals surface area contributed by atoms with Crippen LogP contribution in [0.25, 0.3) is 0 Å². The van der Waals surface area contributed by atoms with E-state index in [-0.39, 0.29) is 12.1 Å². The van der Waals surface area contributed by atoms with Gasteiger partial charge in [0.2, 0.25) is 0 Å². The van der Waals surface area contributed by atoms with E-state index in [1.54, 1.807) is 0 Å². The highest BCUT2D eigenvalue weighted by atomic mass is 16.3. The van der Waals surface area contributed by atoms with E-state index in [0.717, 1.165) is 12.8 Å². The SMILES string of the molecule is CC1CC(C)(C)CC(CO)(NC(C)C)C1. The topological polar surface area (TPSA) is 32.3 Å². The fourth-order valence-electron chi connectivity index (χ4n) is 3.63. The van der Waals surface area contributed by atoms with E-state index in [4.69, 9.17) is 0 Å². The molecule has 90 valence electrons. The number of hydrogen-bond acceptors (Lipinski definition) is 2. The smallest absolute Gasteiger partial charge is 0.0613 e. The van der Waals surface area contributed by atoms with Crippen molar-refractivity contribution in [2.75, 3.05) is 6.61 Å². The van der Waals surface area contributed by atoms with Crippen molar-refractivity contribution in [3.05, 3.63) is 0 Å². The normalized spacial score (nSPS) is 35.8.